The van der Waals surface area contributed by atoms with Gasteiger partial charge in [-0.1, -0.05) is 24.3 Å². The third-order valence-electron chi connectivity index (χ3n) is 6.75. The van der Waals surface area contributed by atoms with E-state index in [1.807, 2.05) is 31.2 Å². The lowest BCUT2D eigenvalue weighted by atomic mass is 9.94. The van der Waals surface area contributed by atoms with Crippen LogP contribution in [0.5, 0.6) is 5.75 Å². The van der Waals surface area contributed by atoms with Gasteiger partial charge in [-0.25, -0.2) is 9.59 Å². The molecule has 186 valence electrons. The number of carbonyl (C=O) groups excluding carboxylic acids is 2. The number of carbonyl (C=O) groups is 2. The highest BCUT2D eigenvalue weighted by Gasteiger charge is 2.34. The van der Waals surface area contributed by atoms with Crippen molar-refractivity contribution in [1.29, 1.82) is 0 Å². The summed E-state index contributed by atoms with van der Waals surface area (Å²) >= 11 is 0. The van der Waals surface area contributed by atoms with Crippen molar-refractivity contribution in [3.8, 4) is 5.75 Å². The van der Waals surface area contributed by atoms with Crippen LogP contribution in [0.25, 0.3) is 0 Å². The number of nitrogens with one attached hydrogen (secondary N) is 2. The van der Waals surface area contributed by atoms with E-state index in [0.29, 0.717) is 24.4 Å². The zero-order chi connectivity index (χ0) is 24.9. The number of rotatable bonds is 7. The molecule has 0 spiro atoms. The van der Waals surface area contributed by atoms with Gasteiger partial charge in [-0.2, -0.15) is 0 Å². The van der Waals surface area contributed by atoms with Crippen LogP contribution in [0.2, 0.25) is 0 Å². The van der Waals surface area contributed by atoms with Crippen LogP contribution < -0.4 is 20.3 Å². The average Bonchev–Trinajstić information content (AvgIpc) is 2.86. The molecule has 8 nitrogen and oxygen atoms in total. The van der Waals surface area contributed by atoms with Crippen LogP contribution >= 0.6 is 0 Å². The van der Waals surface area contributed by atoms with Crippen molar-refractivity contribution in [3.05, 3.63) is 70.4 Å². The Kier molecular flexibility index (Phi) is 7.60. The quantitative estimate of drug-likeness (QED) is 0.594. The van der Waals surface area contributed by atoms with Crippen molar-refractivity contribution in [2.75, 3.05) is 51.3 Å². The summed E-state index contributed by atoms with van der Waals surface area (Å²) in [5, 5.41) is 5.75. The lowest BCUT2D eigenvalue weighted by Crippen LogP contribution is -2.51. The van der Waals surface area contributed by atoms with Crippen molar-refractivity contribution in [2.45, 2.75) is 26.8 Å². The normalized spacial score (nSPS) is 18.7. The summed E-state index contributed by atoms with van der Waals surface area (Å²) in [7, 11) is 1.36. The Morgan fingerprint density at radius 1 is 1.06 bits per heavy atom. The fourth-order valence-electron chi connectivity index (χ4n) is 4.72. The van der Waals surface area contributed by atoms with Crippen LogP contribution in [0.4, 0.5) is 10.5 Å². The summed E-state index contributed by atoms with van der Waals surface area (Å²) in [6.45, 7) is 10.6. The zero-order valence-corrected chi connectivity index (χ0v) is 20.9. The van der Waals surface area contributed by atoms with Gasteiger partial charge < -0.3 is 25.0 Å². The van der Waals surface area contributed by atoms with E-state index in [4.69, 9.17) is 9.47 Å². The van der Waals surface area contributed by atoms with Crippen molar-refractivity contribution in [1.82, 2.24) is 15.5 Å². The summed E-state index contributed by atoms with van der Waals surface area (Å²) in [6, 6.07) is 12.9. The molecule has 0 radical (unpaired) electrons. The van der Waals surface area contributed by atoms with Gasteiger partial charge in [0, 0.05) is 44.1 Å². The van der Waals surface area contributed by atoms with Crippen LogP contribution in [0, 0.1) is 13.8 Å². The first-order chi connectivity index (χ1) is 16.9. The molecule has 2 heterocycles. The molecule has 8 heteroatoms. The van der Waals surface area contributed by atoms with Crippen LogP contribution in [0.15, 0.2) is 53.7 Å². The third-order valence-corrected chi connectivity index (χ3v) is 6.75. The molecular formula is C27H34N4O4. The predicted molar refractivity (Wildman–Crippen MR) is 136 cm³/mol. The minimum atomic E-state index is -0.599. The molecule has 2 aliphatic heterocycles. The average molecular weight is 479 g/mol. The molecule has 1 saturated heterocycles. The van der Waals surface area contributed by atoms with Crippen LogP contribution in [-0.4, -0.2) is 63.3 Å². The molecular weight excluding hydrogens is 444 g/mol. The van der Waals surface area contributed by atoms with Gasteiger partial charge in [0.15, 0.2) is 0 Å². The minimum Gasteiger partial charge on any atom is -0.494 e. The summed E-state index contributed by atoms with van der Waals surface area (Å²) in [6.07, 6.45) is 0. The Balaban J connectivity index is 1.54. The maximum Gasteiger partial charge on any atom is 0.338 e. The monoisotopic (exact) mass is 478 g/mol. The van der Waals surface area contributed by atoms with E-state index >= 15 is 0 Å². The van der Waals surface area contributed by atoms with E-state index in [0.717, 1.165) is 37.5 Å². The first kappa shape index (κ1) is 24.6. The van der Waals surface area contributed by atoms with Gasteiger partial charge in [-0.05, 0) is 55.7 Å². The second-order valence-electron chi connectivity index (χ2n) is 8.90. The van der Waals surface area contributed by atoms with E-state index < -0.39 is 12.0 Å². The molecule has 2 N–H and O–H groups in total. The van der Waals surface area contributed by atoms with Crippen LogP contribution in [-0.2, 0) is 9.53 Å². The highest BCUT2D eigenvalue weighted by atomic mass is 16.5. The summed E-state index contributed by atoms with van der Waals surface area (Å²) in [5.74, 6) is 0.280. The van der Waals surface area contributed by atoms with Gasteiger partial charge >= 0.3 is 12.0 Å². The lowest BCUT2D eigenvalue weighted by Gasteiger charge is -2.38. The summed E-state index contributed by atoms with van der Waals surface area (Å²) in [5.41, 5.74) is 5.66. The van der Waals surface area contributed by atoms with Crippen molar-refractivity contribution >= 4 is 17.7 Å². The van der Waals surface area contributed by atoms with Gasteiger partial charge in [-0.3, -0.25) is 4.90 Å². The summed E-state index contributed by atoms with van der Waals surface area (Å²) in [4.78, 5) is 30.1. The number of esters is 1. The zero-order valence-electron chi connectivity index (χ0n) is 20.9. The molecule has 2 aromatic carbocycles. The van der Waals surface area contributed by atoms with E-state index in [1.165, 1.54) is 23.9 Å². The summed E-state index contributed by atoms with van der Waals surface area (Å²) < 4.78 is 10.6. The molecule has 0 bridgehead atoms. The number of hydrogen-bond acceptors (Lipinski definition) is 6. The number of aryl methyl sites for hydroxylation is 1. The second-order valence-corrected chi connectivity index (χ2v) is 8.90. The van der Waals surface area contributed by atoms with Crippen molar-refractivity contribution in [2.24, 2.45) is 0 Å². The van der Waals surface area contributed by atoms with Crippen molar-refractivity contribution < 1.29 is 19.1 Å². The third kappa shape index (κ3) is 5.43. The van der Waals surface area contributed by atoms with E-state index in [2.05, 4.69) is 52.5 Å². The van der Waals surface area contributed by atoms with E-state index in [-0.39, 0.29) is 6.03 Å². The smallest absolute Gasteiger partial charge is 0.338 e. The minimum absolute atomic E-state index is 0.333. The first-order valence-corrected chi connectivity index (χ1v) is 12.1. The lowest BCUT2D eigenvalue weighted by molar-refractivity contribution is -0.136. The largest absolute Gasteiger partial charge is 0.494 e. The van der Waals surface area contributed by atoms with Crippen LogP contribution in [0.3, 0.4) is 0 Å². The Bertz CT molecular complexity index is 1100. The van der Waals surface area contributed by atoms with E-state index in [9.17, 15) is 9.59 Å². The maximum absolute atomic E-state index is 12.9. The molecule has 4 rings (SSSR count). The highest BCUT2D eigenvalue weighted by molar-refractivity contribution is 5.95. The van der Waals surface area contributed by atoms with Gasteiger partial charge in [0.05, 0.1) is 25.3 Å². The van der Waals surface area contributed by atoms with Gasteiger partial charge in [0.25, 0.3) is 0 Å². The molecule has 2 amide bonds. The molecule has 1 fully saturated rings. The number of amides is 2. The fourth-order valence-corrected chi connectivity index (χ4v) is 4.72. The number of anilines is 1. The Morgan fingerprint density at radius 2 is 1.77 bits per heavy atom. The molecule has 1 atom stereocenters. The SMILES string of the molecule is CCOc1ccc(C2NC(=O)NC(CN3CCN(c4cccc(C)c4C)CC3)=C2C(=O)OC)cc1. The van der Waals surface area contributed by atoms with Gasteiger partial charge in [-0.15, -0.1) is 0 Å². The molecule has 0 aliphatic carbocycles. The Morgan fingerprint density at radius 3 is 2.43 bits per heavy atom. The number of hydrogen-bond donors (Lipinski definition) is 2. The molecule has 35 heavy (non-hydrogen) atoms. The second kappa shape index (κ2) is 10.8. The number of benzene rings is 2. The number of piperazine rings is 1. The van der Waals surface area contributed by atoms with Gasteiger partial charge in [0.1, 0.15) is 5.75 Å². The topological polar surface area (TPSA) is 83.1 Å². The molecule has 1 unspecified atom stereocenters. The van der Waals surface area contributed by atoms with Crippen molar-refractivity contribution in [3.63, 3.8) is 0 Å². The highest BCUT2D eigenvalue weighted by Crippen LogP contribution is 2.30. The van der Waals surface area contributed by atoms with Crippen LogP contribution in [0.1, 0.15) is 29.7 Å². The number of urea groups is 1. The van der Waals surface area contributed by atoms with E-state index in [1.54, 1.807) is 0 Å². The molecule has 2 aromatic rings. The molecule has 0 saturated carbocycles. The van der Waals surface area contributed by atoms with Gasteiger partial charge in [0.2, 0.25) is 0 Å². The Hall–Kier alpha value is -3.52. The number of ether oxygens (including phenoxy) is 2. The standard InChI is InChI=1S/C27H34N4O4/c1-5-35-21-11-9-20(10-12-21)25-24(26(32)34-4)22(28-27(33)29-25)17-30-13-15-31(16-14-30)23-8-6-7-18(2)19(23)3/h6-12,25H,5,13-17H2,1-4H3,(H2,28,29,33). The molecule has 0 aromatic heterocycles. The maximum atomic E-state index is 12.9. The fraction of sp³-hybridized carbons (Fsp3) is 0.407. The number of nitrogens with zero attached hydrogens (tertiary/aromatic N) is 2. The first-order valence-electron chi connectivity index (χ1n) is 12.1. The Labute approximate surface area is 206 Å². The molecule has 2 aliphatic rings. The predicted octanol–water partition coefficient (Wildman–Crippen LogP) is 3.31. The number of methoxy groups -OCH3 is 1.